The molecule has 5 N–H and O–H groups in total. The van der Waals surface area contributed by atoms with Gasteiger partial charge in [0.05, 0.1) is 56.8 Å². The Hall–Kier alpha value is -5.44. The third-order valence-electron chi connectivity index (χ3n) is 7.51. The lowest BCUT2D eigenvalue weighted by molar-refractivity contribution is -0.385. The lowest BCUT2D eigenvalue weighted by Crippen LogP contribution is -2.29. The van der Waals surface area contributed by atoms with Crippen molar-refractivity contribution >= 4 is 62.4 Å². The molecule has 1 aliphatic rings. The van der Waals surface area contributed by atoms with Crippen LogP contribution >= 0.6 is 19.2 Å². The first-order chi connectivity index (χ1) is 28.3. The van der Waals surface area contributed by atoms with Crippen molar-refractivity contribution in [3.8, 4) is 11.5 Å². The van der Waals surface area contributed by atoms with Crippen molar-refractivity contribution in [3.63, 3.8) is 0 Å². The molecule has 0 atom stereocenters. The van der Waals surface area contributed by atoms with Crippen molar-refractivity contribution in [1.29, 1.82) is 0 Å². The monoisotopic (exact) mass is 966 g/mol. The van der Waals surface area contributed by atoms with Crippen LogP contribution in [0.2, 0.25) is 5.02 Å². The SMILES string of the molecule is CS(=O)(=O)NC(=O)c1cc(Oc2ccc(C(F)(F)F)cc2Cl)ccc1[N+](=O)[O-].CS(=O)(=O)c1cc(C(F)(F)F)ccc1C(=O)c1cnoc1C1CC1.O=C(O)CNCP(=O)(O)O. The van der Waals surface area contributed by atoms with Gasteiger partial charge < -0.3 is 24.2 Å². The minimum Gasteiger partial charge on any atom is -0.480 e. The maximum Gasteiger partial charge on any atom is 0.416 e. The highest BCUT2D eigenvalue weighted by atomic mass is 35.5. The number of nitrogens with one attached hydrogen (secondary N) is 2. The zero-order valence-corrected chi connectivity index (χ0v) is 34.5. The Kier molecular flexibility index (Phi) is 16.2. The molecule has 0 saturated heterocycles. The van der Waals surface area contributed by atoms with Gasteiger partial charge in [-0.15, -0.1) is 0 Å². The topological polar surface area (TPSA) is 300 Å². The third kappa shape index (κ3) is 15.5. The molecule has 3 aromatic carbocycles. The maximum atomic E-state index is 12.8. The summed E-state index contributed by atoms with van der Waals surface area (Å²) < 4.78 is 145. The van der Waals surface area contributed by atoms with Gasteiger partial charge in [0.25, 0.3) is 11.6 Å². The number of hydrogen-bond acceptors (Lipinski definition) is 14. The number of hydrogen-bond donors (Lipinski definition) is 5. The van der Waals surface area contributed by atoms with E-state index in [1.807, 2.05) is 0 Å². The Bertz CT molecular complexity index is 2630. The molecule has 1 saturated carbocycles. The number of nitro groups is 1. The highest BCUT2D eigenvalue weighted by molar-refractivity contribution is 7.90. The molecule has 338 valence electrons. The van der Waals surface area contributed by atoms with Crippen molar-refractivity contribution in [2.24, 2.45) is 0 Å². The highest BCUT2D eigenvalue weighted by Crippen LogP contribution is 2.43. The van der Waals surface area contributed by atoms with Crippen LogP contribution in [-0.4, -0.2) is 84.8 Å². The third-order valence-corrected chi connectivity index (χ3v) is 10.1. The average molecular weight is 967 g/mol. The summed E-state index contributed by atoms with van der Waals surface area (Å²) in [5.74, 6) is -3.15. The van der Waals surface area contributed by atoms with E-state index in [4.69, 9.17) is 35.8 Å². The fourth-order valence-corrected chi connectivity index (χ4v) is 6.71. The first-order valence-corrected chi connectivity index (χ1v) is 22.5. The summed E-state index contributed by atoms with van der Waals surface area (Å²) in [6.07, 6.45) is -5.68. The van der Waals surface area contributed by atoms with Gasteiger partial charge in [0, 0.05) is 29.9 Å². The summed E-state index contributed by atoms with van der Waals surface area (Å²) >= 11 is 5.76. The van der Waals surface area contributed by atoms with Gasteiger partial charge in [0.1, 0.15) is 17.1 Å². The number of ether oxygens (including phenoxy) is 1. The van der Waals surface area contributed by atoms with E-state index in [0.717, 1.165) is 49.4 Å². The number of nitro benzene ring substituents is 1. The smallest absolute Gasteiger partial charge is 0.416 e. The van der Waals surface area contributed by atoms with Gasteiger partial charge in [-0.2, -0.15) is 26.3 Å². The van der Waals surface area contributed by atoms with E-state index in [9.17, 15) is 72.2 Å². The summed E-state index contributed by atoms with van der Waals surface area (Å²) in [7, 11) is -12.1. The standard InChI is InChI=1S/C15H10ClF3N2O6S.C15H12F3NO4S.C3H8NO5P/c1-28(25,26)20-14(22)10-7-9(3-4-12(10)21(23)24)27-13-5-2-8(6-11(13)16)15(17,18)19;1-24(21,22)12-6-9(15(16,17)18)4-5-10(12)13(20)11-7-19-23-14(11)8-2-3-8;5-3(6)1-4-2-10(7,8)9/h2-7H,1H3,(H,20,22);4-8H,2-3H2,1H3;4H,1-2H2,(H,5,6)(H2,7,8,9). The molecule has 0 unspecified atom stereocenters. The molecule has 1 aromatic heterocycles. The summed E-state index contributed by atoms with van der Waals surface area (Å²) in [5, 5.41) is 24.3. The van der Waals surface area contributed by atoms with Crippen LogP contribution in [0.25, 0.3) is 0 Å². The van der Waals surface area contributed by atoms with Crippen LogP contribution in [0.1, 0.15) is 61.9 Å². The van der Waals surface area contributed by atoms with E-state index in [1.54, 1.807) is 4.72 Å². The molecule has 1 amide bonds. The number of ketones is 1. The van der Waals surface area contributed by atoms with Gasteiger partial charge >= 0.3 is 25.9 Å². The number of aromatic nitrogens is 1. The molecule has 5 rings (SSSR count). The van der Waals surface area contributed by atoms with Crippen LogP contribution in [-0.2, 0) is 41.6 Å². The van der Waals surface area contributed by atoms with Crippen LogP contribution in [0, 0.1) is 10.1 Å². The Balaban J connectivity index is 0.000000274. The second-order valence-corrected chi connectivity index (χ2v) is 18.5. The second-order valence-electron chi connectivity index (χ2n) is 12.7. The zero-order valence-electron chi connectivity index (χ0n) is 31.2. The lowest BCUT2D eigenvalue weighted by atomic mass is 10.0. The van der Waals surface area contributed by atoms with Crippen LogP contribution in [0.5, 0.6) is 11.5 Å². The van der Waals surface area contributed by atoms with E-state index in [1.165, 1.54) is 6.20 Å². The van der Waals surface area contributed by atoms with Crippen LogP contribution in [0.4, 0.5) is 32.0 Å². The molecular weight excluding hydrogens is 937 g/mol. The number of sulfonamides is 1. The van der Waals surface area contributed by atoms with Gasteiger partial charge in [-0.05, 0) is 55.3 Å². The van der Waals surface area contributed by atoms with Crippen molar-refractivity contribution < 1.29 is 91.2 Å². The van der Waals surface area contributed by atoms with E-state index >= 15 is 0 Å². The number of sulfone groups is 1. The maximum absolute atomic E-state index is 12.8. The Morgan fingerprint density at radius 3 is 2.00 bits per heavy atom. The van der Waals surface area contributed by atoms with E-state index in [-0.39, 0.29) is 28.5 Å². The number of carboxylic acid groups (broad SMARTS) is 1. The van der Waals surface area contributed by atoms with Crippen molar-refractivity contribution in [1.82, 2.24) is 15.2 Å². The number of carbonyl (C=O) groups excluding carboxylic acids is 2. The Morgan fingerprint density at radius 2 is 1.52 bits per heavy atom. The first-order valence-electron chi connectivity index (χ1n) is 16.5. The number of alkyl halides is 6. The second kappa shape index (κ2) is 19.7. The number of carbonyl (C=O) groups is 3. The van der Waals surface area contributed by atoms with Gasteiger partial charge in [0.15, 0.2) is 21.4 Å². The van der Waals surface area contributed by atoms with E-state index < -0.39 is 108 Å². The fourth-order valence-electron chi connectivity index (χ4n) is 4.74. The van der Waals surface area contributed by atoms with Crippen LogP contribution in [0.3, 0.4) is 0 Å². The highest BCUT2D eigenvalue weighted by Gasteiger charge is 2.36. The van der Waals surface area contributed by atoms with Crippen molar-refractivity contribution in [2.75, 3.05) is 25.3 Å². The molecule has 1 fully saturated rings. The molecule has 0 bridgehead atoms. The average Bonchev–Trinajstić information content (AvgIpc) is 3.85. The normalized spacial score (nSPS) is 13.1. The van der Waals surface area contributed by atoms with Crippen molar-refractivity contribution in [3.05, 3.63) is 110 Å². The quantitative estimate of drug-likeness (QED) is 0.0350. The van der Waals surface area contributed by atoms with Crippen molar-refractivity contribution in [2.45, 2.75) is 36.0 Å². The number of benzene rings is 3. The van der Waals surface area contributed by atoms with E-state index in [2.05, 4.69) is 10.5 Å². The number of carboxylic acids is 1. The minimum absolute atomic E-state index is 0.0441. The van der Waals surface area contributed by atoms with Crippen LogP contribution < -0.4 is 14.8 Å². The predicted octanol–water partition coefficient (Wildman–Crippen LogP) is 5.75. The molecule has 0 spiro atoms. The van der Waals surface area contributed by atoms with Gasteiger partial charge in [0.2, 0.25) is 10.0 Å². The Labute approximate surface area is 350 Å². The first kappa shape index (κ1) is 50.9. The number of aliphatic carboxylic acids is 1. The zero-order chi connectivity index (χ0) is 47.2. The number of nitrogens with zero attached hydrogens (tertiary/aromatic N) is 2. The molecule has 62 heavy (non-hydrogen) atoms. The van der Waals surface area contributed by atoms with Gasteiger partial charge in [-0.3, -0.25) is 34.4 Å². The molecule has 1 aliphatic carbocycles. The van der Waals surface area contributed by atoms with E-state index in [0.29, 0.717) is 36.3 Å². The Morgan fingerprint density at radius 1 is 0.935 bits per heavy atom. The lowest BCUT2D eigenvalue weighted by Gasteiger charge is -2.12. The summed E-state index contributed by atoms with van der Waals surface area (Å²) in [6.45, 7) is -0.439. The molecular formula is C33H30ClF6N4O15PS2. The number of rotatable bonds is 13. The summed E-state index contributed by atoms with van der Waals surface area (Å²) in [6, 6.07) is 7.14. The van der Waals surface area contributed by atoms with Gasteiger partial charge in [-0.25, -0.2) is 21.6 Å². The fraction of sp³-hybridized carbons (Fsp3) is 0.273. The largest absolute Gasteiger partial charge is 0.480 e. The molecule has 0 aliphatic heterocycles. The molecule has 4 aromatic rings. The predicted molar refractivity (Wildman–Crippen MR) is 201 cm³/mol. The molecule has 1 heterocycles. The number of halogens is 7. The minimum atomic E-state index is -4.71. The molecule has 0 radical (unpaired) electrons. The number of amides is 1. The van der Waals surface area contributed by atoms with Gasteiger partial charge in [-0.1, -0.05) is 16.8 Å². The van der Waals surface area contributed by atoms with Crippen LogP contribution in [0.15, 0.2) is 70.2 Å². The molecule has 29 heteroatoms. The summed E-state index contributed by atoms with van der Waals surface area (Å²) in [5.41, 5.74) is -3.71. The molecule has 19 nitrogen and oxygen atoms in total. The summed E-state index contributed by atoms with van der Waals surface area (Å²) in [4.78, 5) is 60.3.